The van der Waals surface area contributed by atoms with Gasteiger partial charge in [0.25, 0.3) is 0 Å². The summed E-state index contributed by atoms with van der Waals surface area (Å²) >= 11 is 0. The molecule has 0 heterocycles. The lowest BCUT2D eigenvalue weighted by atomic mass is 9.93. The number of carbonyl (C=O) groups is 1. The summed E-state index contributed by atoms with van der Waals surface area (Å²) in [7, 11) is 4.00. The molecule has 2 aromatic carbocycles. The second kappa shape index (κ2) is 8.55. The molecule has 1 N–H and O–H groups in total. The first-order chi connectivity index (χ1) is 13.1. The van der Waals surface area contributed by atoms with Gasteiger partial charge in [0, 0.05) is 26.7 Å². The van der Waals surface area contributed by atoms with Crippen LogP contribution in [0.1, 0.15) is 47.2 Å². The van der Waals surface area contributed by atoms with Crippen LogP contribution in [0.2, 0.25) is 0 Å². The SMILES string of the molecule is CCc1cc(N=Nc2c(C)c(C)c(C)c(C)c2C)c(NC(C)=O)cc1N(C)C. The fraction of sp³-hybridized carbons (Fsp3) is 0.435. The summed E-state index contributed by atoms with van der Waals surface area (Å²) in [5, 5.41) is 12.1. The first-order valence-corrected chi connectivity index (χ1v) is 9.68. The topological polar surface area (TPSA) is 57.1 Å². The van der Waals surface area contributed by atoms with Gasteiger partial charge in [-0.05, 0) is 86.6 Å². The number of hydrogen-bond acceptors (Lipinski definition) is 4. The number of azo groups is 1. The Labute approximate surface area is 168 Å². The van der Waals surface area contributed by atoms with Gasteiger partial charge in [-0.15, -0.1) is 10.2 Å². The third-order valence-electron chi connectivity index (χ3n) is 5.59. The van der Waals surface area contributed by atoms with Crippen molar-refractivity contribution in [2.24, 2.45) is 10.2 Å². The number of benzene rings is 2. The minimum atomic E-state index is -0.125. The first kappa shape index (κ1) is 21.6. The highest BCUT2D eigenvalue weighted by Crippen LogP contribution is 2.37. The van der Waals surface area contributed by atoms with Crippen molar-refractivity contribution in [1.29, 1.82) is 0 Å². The molecule has 5 heteroatoms. The molecule has 0 bridgehead atoms. The Balaban J connectivity index is 2.64. The van der Waals surface area contributed by atoms with Crippen molar-refractivity contribution in [1.82, 2.24) is 0 Å². The monoisotopic (exact) mass is 380 g/mol. The molecule has 0 atom stereocenters. The Morgan fingerprint density at radius 2 is 1.46 bits per heavy atom. The Kier molecular flexibility index (Phi) is 6.60. The van der Waals surface area contributed by atoms with Crippen molar-refractivity contribution in [3.63, 3.8) is 0 Å². The number of nitrogens with zero attached hydrogens (tertiary/aromatic N) is 3. The largest absolute Gasteiger partial charge is 0.377 e. The normalized spacial score (nSPS) is 11.2. The van der Waals surface area contributed by atoms with Crippen LogP contribution < -0.4 is 10.2 Å². The summed E-state index contributed by atoms with van der Waals surface area (Å²) in [6, 6.07) is 3.99. The Bertz CT molecular complexity index is 913. The van der Waals surface area contributed by atoms with E-state index in [4.69, 9.17) is 0 Å². The molecular formula is C23H32N4O. The van der Waals surface area contributed by atoms with Crippen LogP contribution in [-0.4, -0.2) is 20.0 Å². The van der Waals surface area contributed by atoms with Crippen molar-refractivity contribution in [3.05, 3.63) is 45.5 Å². The molecule has 0 aliphatic rings. The highest BCUT2D eigenvalue weighted by atomic mass is 16.1. The van der Waals surface area contributed by atoms with Crippen LogP contribution in [0.3, 0.4) is 0 Å². The summed E-state index contributed by atoms with van der Waals surface area (Å²) in [5.41, 5.74) is 10.6. The highest BCUT2D eigenvalue weighted by molar-refractivity contribution is 5.93. The summed E-state index contributed by atoms with van der Waals surface area (Å²) in [6.07, 6.45) is 0.872. The second-order valence-corrected chi connectivity index (χ2v) is 7.60. The van der Waals surface area contributed by atoms with E-state index < -0.39 is 0 Å². The number of aryl methyl sites for hydroxylation is 1. The van der Waals surface area contributed by atoms with Crippen LogP contribution in [0.5, 0.6) is 0 Å². The van der Waals surface area contributed by atoms with Crippen LogP contribution >= 0.6 is 0 Å². The van der Waals surface area contributed by atoms with Crippen LogP contribution in [0.4, 0.5) is 22.7 Å². The predicted molar refractivity (Wildman–Crippen MR) is 119 cm³/mol. The zero-order valence-electron chi connectivity index (χ0n) is 18.6. The average Bonchev–Trinajstić information content (AvgIpc) is 2.64. The van der Waals surface area contributed by atoms with Gasteiger partial charge in [-0.2, -0.15) is 0 Å². The zero-order chi connectivity index (χ0) is 21.2. The van der Waals surface area contributed by atoms with Gasteiger partial charge < -0.3 is 10.2 Å². The van der Waals surface area contributed by atoms with Gasteiger partial charge in [-0.1, -0.05) is 6.92 Å². The van der Waals surface area contributed by atoms with E-state index in [1.807, 2.05) is 31.1 Å². The molecule has 0 fully saturated rings. The second-order valence-electron chi connectivity index (χ2n) is 7.60. The number of amides is 1. The summed E-state index contributed by atoms with van der Waals surface area (Å²) in [4.78, 5) is 13.8. The van der Waals surface area contributed by atoms with E-state index in [1.54, 1.807) is 0 Å². The molecule has 0 saturated carbocycles. The predicted octanol–water partition coefficient (Wildman–Crippen LogP) is 6.23. The zero-order valence-corrected chi connectivity index (χ0v) is 18.6. The summed E-state index contributed by atoms with van der Waals surface area (Å²) < 4.78 is 0. The lowest BCUT2D eigenvalue weighted by molar-refractivity contribution is -0.114. The average molecular weight is 381 g/mol. The molecule has 0 aliphatic carbocycles. The lowest BCUT2D eigenvalue weighted by Crippen LogP contribution is -2.13. The molecule has 0 aromatic heterocycles. The van der Waals surface area contributed by atoms with Crippen molar-refractivity contribution >= 4 is 28.7 Å². The van der Waals surface area contributed by atoms with E-state index in [-0.39, 0.29) is 5.91 Å². The minimum Gasteiger partial charge on any atom is -0.377 e. The van der Waals surface area contributed by atoms with E-state index >= 15 is 0 Å². The Hall–Kier alpha value is -2.69. The number of rotatable bonds is 5. The minimum absolute atomic E-state index is 0.125. The number of anilines is 2. The fourth-order valence-electron chi connectivity index (χ4n) is 3.43. The van der Waals surface area contributed by atoms with E-state index in [9.17, 15) is 4.79 Å². The van der Waals surface area contributed by atoms with Crippen LogP contribution in [-0.2, 0) is 11.2 Å². The molecule has 150 valence electrons. The van der Waals surface area contributed by atoms with Gasteiger partial charge in [0.1, 0.15) is 5.69 Å². The molecule has 0 spiro atoms. The van der Waals surface area contributed by atoms with Gasteiger partial charge in [0.05, 0.1) is 11.4 Å². The van der Waals surface area contributed by atoms with Gasteiger partial charge in [0.15, 0.2) is 0 Å². The van der Waals surface area contributed by atoms with E-state index in [0.717, 1.165) is 34.5 Å². The van der Waals surface area contributed by atoms with Crippen molar-refractivity contribution < 1.29 is 4.79 Å². The molecule has 0 unspecified atom stereocenters. The van der Waals surface area contributed by atoms with Crippen LogP contribution in [0.15, 0.2) is 22.4 Å². The molecule has 0 saturated heterocycles. The van der Waals surface area contributed by atoms with Gasteiger partial charge in [0.2, 0.25) is 5.91 Å². The maximum absolute atomic E-state index is 11.7. The van der Waals surface area contributed by atoms with E-state index in [2.05, 4.69) is 57.1 Å². The van der Waals surface area contributed by atoms with E-state index in [0.29, 0.717) is 11.4 Å². The van der Waals surface area contributed by atoms with E-state index in [1.165, 1.54) is 23.6 Å². The van der Waals surface area contributed by atoms with Crippen molar-refractivity contribution in [2.75, 3.05) is 24.3 Å². The molecule has 2 aromatic rings. The molecule has 28 heavy (non-hydrogen) atoms. The van der Waals surface area contributed by atoms with Crippen molar-refractivity contribution in [3.8, 4) is 0 Å². The van der Waals surface area contributed by atoms with Gasteiger partial charge in [-0.25, -0.2) is 0 Å². The smallest absolute Gasteiger partial charge is 0.221 e. The number of carbonyl (C=O) groups excluding carboxylic acids is 1. The number of hydrogen-bond donors (Lipinski definition) is 1. The van der Waals surface area contributed by atoms with Crippen LogP contribution in [0, 0.1) is 34.6 Å². The molecule has 0 aliphatic heterocycles. The Morgan fingerprint density at radius 3 is 1.93 bits per heavy atom. The summed E-state index contributed by atoms with van der Waals surface area (Å²) in [5.74, 6) is -0.125. The Morgan fingerprint density at radius 1 is 0.929 bits per heavy atom. The third kappa shape index (κ3) is 4.24. The maximum Gasteiger partial charge on any atom is 0.221 e. The molecule has 0 radical (unpaired) electrons. The molecular weight excluding hydrogens is 348 g/mol. The molecule has 2 rings (SSSR count). The lowest BCUT2D eigenvalue weighted by Gasteiger charge is -2.20. The first-order valence-electron chi connectivity index (χ1n) is 9.68. The summed E-state index contributed by atoms with van der Waals surface area (Å²) in [6.45, 7) is 14.2. The quantitative estimate of drug-likeness (QED) is 0.625. The fourth-order valence-corrected chi connectivity index (χ4v) is 3.43. The van der Waals surface area contributed by atoms with Gasteiger partial charge in [-0.3, -0.25) is 4.79 Å². The van der Waals surface area contributed by atoms with Gasteiger partial charge >= 0.3 is 0 Å². The number of nitrogens with one attached hydrogen (secondary N) is 1. The highest BCUT2D eigenvalue weighted by Gasteiger charge is 2.14. The standard InChI is InChI=1S/C23H32N4O/c1-10-19-11-21(20(24-18(7)28)12-22(19)27(8)9)25-26-23-16(5)14(3)13(2)15(4)17(23)6/h11-12H,10H2,1-9H3,(H,24,28). The third-order valence-corrected chi connectivity index (χ3v) is 5.59. The molecule has 1 amide bonds. The van der Waals surface area contributed by atoms with Crippen LogP contribution in [0.25, 0.3) is 0 Å². The van der Waals surface area contributed by atoms with Crippen molar-refractivity contribution in [2.45, 2.75) is 54.9 Å². The maximum atomic E-state index is 11.7. The molecule has 5 nitrogen and oxygen atoms in total.